The van der Waals surface area contributed by atoms with Crippen LogP contribution in [-0.4, -0.2) is 37.6 Å². The van der Waals surface area contributed by atoms with Gasteiger partial charge in [-0.25, -0.2) is 0 Å². The van der Waals surface area contributed by atoms with Crippen molar-refractivity contribution in [1.29, 1.82) is 0 Å². The number of rotatable bonds is 3. The molecule has 1 atom stereocenters. The lowest BCUT2D eigenvalue weighted by Crippen LogP contribution is -2.37. The highest BCUT2D eigenvalue weighted by atomic mass is 15.1. The molecule has 0 saturated carbocycles. The Hall–Kier alpha value is -0.0800. The molecular formula is C13H26N2. The smallest absolute Gasteiger partial charge is 0.000965 e. The fourth-order valence-electron chi connectivity index (χ4n) is 3.22. The van der Waals surface area contributed by atoms with Gasteiger partial charge in [-0.1, -0.05) is 6.92 Å². The largest absolute Gasteiger partial charge is 0.317 e. The second-order valence-electron chi connectivity index (χ2n) is 5.33. The van der Waals surface area contributed by atoms with E-state index in [1.165, 1.54) is 64.8 Å². The third-order valence-corrected chi connectivity index (χ3v) is 4.18. The molecule has 2 saturated heterocycles. The quantitative estimate of drug-likeness (QED) is 0.767. The SMILES string of the molecule is CCN1CCCC(CC2CCNCC2)C1. The highest BCUT2D eigenvalue weighted by Gasteiger charge is 2.23. The molecule has 0 aromatic rings. The molecule has 0 amide bonds. The lowest BCUT2D eigenvalue weighted by atomic mass is 9.84. The first-order valence-electron chi connectivity index (χ1n) is 6.81. The molecule has 0 aromatic carbocycles. The van der Waals surface area contributed by atoms with Crippen LogP contribution in [0.15, 0.2) is 0 Å². The molecule has 0 spiro atoms. The minimum Gasteiger partial charge on any atom is -0.317 e. The van der Waals surface area contributed by atoms with Crippen molar-refractivity contribution in [3.63, 3.8) is 0 Å². The first kappa shape index (κ1) is 11.4. The Balaban J connectivity index is 1.72. The van der Waals surface area contributed by atoms with Crippen LogP contribution >= 0.6 is 0 Å². The molecule has 2 heterocycles. The standard InChI is InChI=1S/C13H26N2/c1-2-15-9-3-4-13(11-15)10-12-5-7-14-8-6-12/h12-14H,2-11H2,1H3. The monoisotopic (exact) mass is 210 g/mol. The number of nitrogens with one attached hydrogen (secondary N) is 1. The Labute approximate surface area is 94.4 Å². The van der Waals surface area contributed by atoms with Gasteiger partial charge in [-0.3, -0.25) is 0 Å². The van der Waals surface area contributed by atoms with Crippen molar-refractivity contribution in [1.82, 2.24) is 10.2 Å². The molecule has 2 fully saturated rings. The third-order valence-electron chi connectivity index (χ3n) is 4.18. The van der Waals surface area contributed by atoms with Crippen LogP contribution < -0.4 is 5.32 Å². The summed E-state index contributed by atoms with van der Waals surface area (Å²) < 4.78 is 0. The van der Waals surface area contributed by atoms with Gasteiger partial charge in [-0.2, -0.15) is 0 Å². The van der Waals surface area contributed by atoms with Gasteiger partial charge in [0.15, 0.2) is 0 Å². The average Bonchev–Trinajstić information content (AvgIpc) is 2.31. The lowest BCUT2D eigenvalue weighted by molar-refractivity contribution is 0.154. The normalized spacial score (nSPS) is 30.6. The molecule has 1 N–H and O–H groups in total. The Morgan fingerprint density at radius 1 is 1.13 bits per heavy atom. The van der Waals surface area contributed by atoms with Gasteiger partial charge in [0.25, 0.3) is 0 Å². The molecule has 0 radical (unpaired) electrons. The van der Waals surface area contributed by atoms with Gasteiger partial charge in [0.05, 0.1) is 0 Å². The minimum absolute atomic E-state index is 1.00. The lowest BCUT2D eigenvalue weighted by Gasteiger charge is -2.34. The zero-order valence-electron chi connectivity index (χ0n) is 10.2. The molecule has 2 aliphatic heterocycles. The summed E-state index contributed by atoms with van der Waals surface area (Å²) >= 11 is 0. The van der Waals surface area contributed by atoms with E-state index in [4.69, 9.17) is 0 Å². The highest BCUT2D eigenvalue weighted by Crippen LogP contribution is 2.27. The Kier molecular flexibility index (Phi) is 4.45. The molecule has 2 heteroatoms. The van der Waals surface area contributed by atoms with E-state index in [1.54, 1.807) is 0 Å². The summed E-state index contributed by atoms with van der Waals surface area (Å²) in [6, 6.07) is 0. The van der Waals surface area contributed by atoms with E-state index in [0.29, 0.717) is 0 Å². The van der Waals surface area contributed by atoms with Crippen LogP contribution in [0.1, 0.15) is 39.0 Å². The number of hydrogen-bond acceptors (Lipinski definition) is 2. The van der Waals surface area contributed by atoms with E-state index >= 15 is 0 Å². The summed E-state index contributed by atoms with van der Waals surface area (Å²) in [5.74, 6) is 2.02. The molecule has 15 heavy (non-hydrogen) atoms. The highest BCUT2D eigenvalue weighted by molar-refractivity contribution is 4.77. The van der Waals surface area contributed by atoms with E-state index in [9.17, 15) is 0 Å². The second-order valence-corrected chi connectivity index (χ2v) is 5.33. The van der Waals surface area contributed by atoms with Crippen LogP contribution in [0, 0.1) is 11.8 Å². The topological polar surface area (TPSA) is 15.3 Å². The molecule has 2 rings (SSSR count). The van der Waals surface area contributed by atoms with Gasteiger partial charge in [-0.15, -0.1) is 0 Å². The predicted octanol–water partition coefficient (Wildman–Crippen LogP) is 2.11. The van der Waals surface area contributed by atoms with Crippen molar-refractivity contribution < 1.29 is 0 Å². The Morgan fingerprint density at radius 3 is 2.67 bits per heavy atom. The summed E-state index contributed by atoms with van der Waals surface area (Å²) in [7, 11) is 0. The van der Waals surface area contributed by atoms with Crippen LogP contribution in [-0.2, 0) is 0 Å². The molecule has 2 aliphatic rings. The number of hydrogen-bond donors (Lipinski definition) is 1. The Bertz CT molecular complexity index is 175. The van der Waals surface area contributed by atoms with Gasteiger partial charge < -0.3 is 10.2 Å². The average molecular weight is 210 g/mol. The molecule has 0 aliphatic carbocycles. The molecule has 0 bridgehead atoms. The number of piperidine rings is 2. The second kappa shape index (κ2) is 5.86. The van der Waals surface area contributed by atoms with Crippen LogP contribution in [0.25, 0.3) is 0 Å². The van der Waals surface area contributed by atoms with Gasteiger partial charge in [0, 0.05) is 6.54 Å². The molecule has 88 valence electrons. The third kappa shape index (κ3) is 3.46. The maximum absolute atomic E-state index is 3.46. The Morgan fingerprint density at radius 2 is 1.93 bits per heavy atom. The van der Waals surface area contributed by atoms with Crippen LogP contribution in [0.2, 0.25) is 0 Å². The number of nitrogens with zero attached hydrogens (tertiary/aromatic N) is 1. The van der Waals surface area contributed by atoms with E-state index in [-0.39, 0.29) is 0 Å². The fraction of sp³-hybridized carbons (Fsp3) is 1.00. The van der Waals surface area contributed by atoms with Crippen molar-refractivity contribution in [2.24, 2.45) is 11.8 Å². The van der Waals surface area contributed by atoms with E-state index < -0.39 is 0 Å². The molecule has 0 aromatic heterocycles. The van der Waals surface area contributed by atoms with Crippen molar-refractivity contribution in [3.8, 4) is 0 Å². The first-order valence-corrected chi connectivity index (χ1v) is 6.81. The number of likely N-dealkylation sites (tertiary alicyclic amines) is 1. The zero-order chi connectivity index (χ0) is 10.5. The van der Waals surface area contributed by atoms with E-state index in [0.717, 1.165) is 11.8 Å². The maximum Gasteiger partial charge on any atom is 0.000965 e. The van der Waals surface area contributed by atoms with Crippen molar-refractivity contribution in [2.45, 2.75) is 39.0 Å². The molecular weight excluding hydrogens is 184 g/mol. The predicted molar refractivity (Wildman–Crippen MR) is 65.0 cm³/mol. The van der Waals surface area contributed by atoms with E-state index in [1.807, 2.05) is 0 Å². The maximum atomic E-state index is 3.46. The van der Waals surface area contributed by atoms with Crippen LogP contribution in [0.4, 0.5) is 0 Å². The van der Waals surface area contributed by atoms with Gasteiger partial charge in [-0.05, 0) is 70.1 Å². The fourth-order valence-corrected chi connectivity index (χ4v) is 3.22. The zero-order valence-corrected chi connectivity index (χ0v) is 10.2. The summed E-state index contributed by atoms with van der Waals surface area (Å²) in [5.41, 5.74) is 0. The van der Waals surface area contributed by atoms with Crippen LogP contribution in [0.3, 0.4) is 0 Å². The molecule has 1 unspecified atom stereocenters. The molecule has 2 nitrogen and oxygen atoms in total. The van der Waals surface area contributed by atoms with Gasteiger partial charge in [0.1, 0.15) is 0 Å². The van der Waals surface area contributed by atoms with Gasteiger partial charge >= 0.3 is 0 Å². The van der Waals surface area contributed by atoms with Crippen molar-refractivity contribution in [2.75, 3.05) is 32.7 Å². The van der Waals surface area contributed by atoms with Crippen molar-refractivity contribution >= 4 is 0 Å². The summed E-state index contributed by atoms with van der Waals surface area (Å²) in [4.78, 5) is 2.63. The summed E-state index contributed by atoms with van der Waals surface area (Å²) in [6.45, 7) is 8.79. The van der Waals surface area contributed by atoms with Crippen LogP contribution in [0.5, 0.6) is 0 Å². The van der Waals surface area contributed by atoms with Crippen molar-refractivity contribution in [3.05, 3.63) is 0 Å². The van der Waals surface area contributed by atoms with E-state index in [2.05, 4.69) is 17.1 Å². The first-order chi connectivity index (χ1) is 7.38. The van der Waals surface area contributed by atoms with Gasteiger partial charge in [0.2, 0.25) is 0 Å². The minimum atomic E-state index is 1.00. The summed E-state index contributed by atoms with van der Waals surface area (Å²) in [5, 5.41) is 3.46. The summed E-state index contributed by atoms with van der Waals surface area (Å²) in [6.07, 6.45) is 7.26.